The Kier molecular flexibility index (Phi) is 5.11. The van der Waals surface area contributed by atoms with Gasteiger partial charge in [-0.05, 0) is 50.8 Å². The normalized spacial score (nSPS) is 13.2. The molecule has 0 bridgehead atoms. The third kappa shape index (κ3) is 3.95. The van der Waals surface area contributed by atoms with Crippen molar-refractivity contribution in [3.63, 3.8) is 0 Å². The predicted molar refractivity (Wildman–Crippen MR) is 122 cm³/mol. The number of hydrogen-bond donors (Lipinski definition) is 1. The summed E-state index contributed by atoms with van der Waals surface area (Å²) in [5.74, 6) is 2.57. The maximum atomic E-state index is 9.07. The Hall–Kier alpha value is -3.70. The van der Waals surface area contributed by atoms with Gasteiger partial charge in [-0.1, -0.05) is 23.7 Å². The average Bonchev–Trinajstić information content (AvgIpc) is 3.48. The molecular weight excluding hydrogens is 424 g/mol. The van der Waals surface area contributed by atoms with Gasteiger partial charge in [0.2, 0.25) is 0 Å². The largest absolute Gasteiger partial charge is 0.324 e. The molecule has 1 N–H and O–H groups in total. The fourth-order valence-corrected chi connectivity index (χ4v) is 3.93. The van der Waals surface area contributed by atoms with Gasteiger partial charge in [-0.2, -0.15) is 15.5 Å². The van der Waals surface area contributed by atoms with Crippen LogP contribution in [0.5, 0.6) is 0 Å². The number of rotatable bonds is 6. The van der Waals surface area contributed by atoms with Crippen LogP contribution in [-0.2, 0) is 6.54 Å². The van der Waals surface area contributed by atoms with Gasteiger partial charge in [0.05, 0.1) is 17.3 Å². The molecule has 0 amide bonds. The lowest BCUT2D eigenvalue weighted by Gasteiger charge is -2.10. The molecule has 0 atom stereocenters. The van der Waals surface area contributed by atoms with E-state index in [2.05, 4.69) is 26.5 Å². The van der Waals surface area contributed by atoms with Crippen LogP contribution in [0.15, 0.2) is 42.7 Å². The molecule has 0 spiro atoms. The zero-order chi connectivity index (χ0) is 22.2. The molecule has 1 aliphatic rings. The van der Waals surface area contributed by atoms with Crippen molar-refractivity contribution >= 4 is 23.2 Å². The van der Waals surface area contributed by atoms with Crippen molar-refractivity contribution in [2.24, 2.45) is 5.92 Å². The molecule has 0 saturated heterocycles. The topological polar surface area (TPSA) is 97.2 Å². The number of nitrogens with zero attached hydrogens (tertiary/aromatic N) is 7. The van der Waals surface area contributed by atoms with E-state index in [0.29, 0.717) is 39.7 Å². The third-order valence-corrected chi connectivity index (χ3v) is 5.79. The maximum Gasteiger partial charge on any atom is 0.159 e. The average molecular weight is 445 g/mol. The Labute approximate surface area is 190 Å². The van der Waals surface area contributed by atoms with Crippen LogP contribution >= 0.6 is 11.6 Å². The summed E-state index contributed by atoms with van der Waals surface area (Å²) < 4.78 is 3.70. The lowest BCUT2D eigenvalue weighted by atomic mass is 10.1. The number of hydrogen-bond acceptors (Lipinski definition) is 6. The van der Waals surface area contributed by atoms with Gasteiger partial charge in [0.25, 0.3) is 0 Å². The van der Waals surface area contributed by atoms with Crippen LogP contribution in [0.2, 0.25) is 5.02 Å². The zero-order valence-electron chi connectivity index (χ0n) is 17.7. The molecule has 5 rings (SSSR count). The molecule has 3 aromatic heterocycles. The molecule has 3 heterocycles. The third-order valence-electron chi connectivity index (χ3n) is 5.44. The van der Waals surface area contributed by atoms with Gasteiger partial charge in [0, 0.05) is 23.9 Å². The highest BCUT2D eigenvalue weighted by molar-refractivity contribution is 6.35. The Morgan fingerprint density at radius 1 is 1.12 bits per heavy atom. The molecule has 8 nitrogen and oxygen atoms in total. The van der Waals surface area contributed by atoms with Gasteiger partial charge in [-0.15, -0.1) is 0 Å². The summed E-state index contributed by atoms with van der Waals surface area (Å²) in [5, 5.41) is 22.2. The van der Waals surface area contributed by atoms with Crippen molar-refractivity contribution in [3.8, 4) is 23.1 Å². The number of nitriles is 1. The minimum absolute atomic E-state index is 0.515. The molecule has 1 aromatic carbocycles. The second-order valence-electron chi connectivity index (χ2n) is 8.05. The first-order valence-electron chi connectivity index (χ1n) is 10.4. The molecule has 160 valence electrons. The van der Waals surface area contributed by atoms with Crippen LogP contribution in [0.4, 0.5) is 11.6 Å². The molecule has 0 aliphatic heterocycles. The van der Waals surface area contributed by atoms with E-state index < -0.39 is 0 Å². The molecule has 4 aromatic rings. The second kappa shape index (κ2) is 8.09. The van der Waals surface area contributed by atoms with E-state index in [9.17, 15) is 0 Å². The first-order chi connectivity index (χ1) is 15.5. The quantitative estimate of drug-likeness (QED) is 0.457. The highest BCUT2D eigenvalue weighted by atomic mass is 35.5. The van der Waals surface area contributed by atoms with Crippen molar-refractivity contribution in [2.75, 3.05) is 5.32 Å². The van der Waals surface area contributed by atoms with Crippen LogP contribution in [0.1, 0.15) is 29.8 Å². The van der Waals surface area contributed by atoms with E-state index in [1.54, 1.807) is 16.8 Å². The van der Waals surface area contributed by atoms with E-state index in [4.69, 9.17) is 22.0 Å². The molecule has 0 radical (unpaired) electrons. The Bertz CT molecular complexity index is 1330. The minimum Gasteiger partial charge on any atom is -0.324 e. The van der Waals surface area contributed by atoms with Crippen molar-refractivity contribution in [1.82, 2.24) is 29.5 Å². The Balaban J connectivity index is 1.51. The smallest absolute Gasteiger partial charge is 0.159 e. The van der Waals surface area contributed by atoms with Crippen molar-refractivity contribution in [2.45, 2.75) is 33.2 Å². The van der Waals surface area contributed by atoms with Gasteiger partial charge in [0.1, 0.15) is 28.7 Å². The molecule has 1 fully saturated rings. The monoisotopic (exact) mass is 444 g/mol. The van der Waals surface area contributed by atoms with E-state index in [-0.39, 0.29) is 0 Å². The maximum absolute atomic E-state index is 9.07. The number of nitrogens with one attached hydrogen (secondary N) is 1. The summed E-state index contributed by atoms with van der Waals surface area (Å²) in [4.78, 5) is 8.74. The SMILES string of the molecule is Cc1cc(C)n(-c2cc(Nc3c(Cl)c(-c4ccc(C#N)cc4)nn3CC3CC3)ncn2)n1. The predicted octanol–water partition coefficient (Wildman–Crippen LogP) is 4.82. The molecule has 1 saturated carbocycles. The van der Waals surface area contributed by atoms with Crippen LogP contribution < -0.4 is 5.32 Å². The van der Waals surface area contributed by atoms with E-state index in [1.807, 2.05) is 42.8 Å². The van der Waals surface area contributed by atoms with E-state index in [1.165, 1.54) is 19.2 Å². The van der Waals surface area contributed by atoms with Gasteiger partial charge in [-0.25, -0.2) is 19.3 Å². The lowest BCUT2D eigenvalue weighted by Crippen LogP contribution is -2.08. The first kappa shape index (κ1) is 20.2. The van der Waals surface area contributed by atoms with Crippen molar-refractivity contribution in [1.29, 1.82) is 5.26 Å². The fraction of sp³-hybridized carbons (Fsp3) is 0.261. The van der Waals surface area contributed by atoms with Crippen LogP contribution in [0.25, 0.3) is 17.1 Å². The Morgan fingerprint density at radius 2 is 1.91 bits per heavy atom. The van der Waals surface area contributed by atoms with Crippen molar-refractivity contribution in [3.05, 3.63) is 64.7 Å². The van der Waals surface area contributed by atoms with Gasteiger partial charge in [-0.3, -0.25) is 0 Å². The zero-order valence-corrected chi connectivity index (χ0v) is 18.5. The summed E-state index contributed by atoms with van der Waals surface area (Å²) in [6, 6.07) is 13.2. The number of aryl methyl sites for hydroxylation is 2. The molecule has 1 aliphatic carbocycles. The molecule has 9 heteroatoms. The van der Waals surface area contributed by atoms with Crippen LogP contribution in [-0.4, -0.2) is 29.5 Å². The summed E-state index contributed by atoms with van der Waals surface area (Å²) >= 11 is 6.80. The second-order valence-corrected chi connectivity index (χ2v) is 8.43. The summed E-state index contributed by atoms with van der Waals surface area (Å²) in [6.45, 7) is 4.72. The van der Waals surface area contributed by atoms with E-state index in [0.717, 1.165) is 23.5 Å². The fourth-order valence-electron chi connectivity index (χ4n) is 3.64. The standard InChI is InChI=1S/C23H21ClN8/c1-14-9-15(2)32(29-14)20-10-19(26-13-27-20)28-23-21(24)22(30-31(23)12-17-3-4-17)18-7-5-16(11-25)6-8-18/h5-10,13,17H,3-4,12H2,1-2H3,(H,26,27,28). The lowest BCUT2D eigenvalue weighted by molar-refractivity contribution is 0.571. The van der Waals surface area contributed by atoms with Crippen LogP contribution in [0, 0.1) is 31.1 Å². The number of anilines is 2. The highest BCUT2D eigenvalue weighted by Crippen LogP contribution is 2.38. The minimum atomic E-state index is 0.515. The molecular formula is C23H21ClN8. The number of aromatic nitrogens is 6. The summed E-state index contributed by atoms with van der Waals surface area (Å²) in [5.41, 5.74) is 4.04. The molecule has 0 unspecified atom stereocenters. The van der Waals surface area contributed by atoms with E-state index >= 15 is 0 Å². The highest BCUT2D eigenvalue weighted by Gasteiger charge is 2.26. The summed E-state index contributed by atoms with van der Waals surface area (Å²) in [7, 11) is 0. The summed E-state index contributed by atoms with van der Waals surface area (Å²) in [6.07, 6.45) is 3.89. The Morgan fingerprint density at radius 3 is 2.56 bits per heavy atom. The number of benzene rings is 1. The van der Waals surface area contributed by atoms with Crippen molar-refractivity contribution < 1.29 is 0 Å². The first-order valence-corrected chi connectivity index (χ1v) is 10.8. The number of halogens is 1. The van der Waals surface area contributed by atoms with Crippen LogP contribution in [0.3, 0.4) is 0 Å². The van der Waals surface area contributed by atoms with Gasteiger partial charge >= 0.3 is 0 Å². The van der Waals surface area contributed by atoms with Gasteiger partial charge < -0.3 is 5.32 Å². The molecule has 32 heavy (non-hydrogen) atoms. The van der Waals surface area contributed by atoms with Gasteiger partial charge in [0.15, 0.2) is 5.82 Å².